The molecule has 1 heterocycles. The second kappa shape index (κ2) is 9.32. The molecule has 0 unspecified atom stereocenters. The first-order chi connectivity index (χ1) is 14.0. The summed E-state index contributed by atoms with van der Waals surface area (Å²) in [5.41, 5.74) is 1.54. The Bertz CT molecular complexity index is 988. The van der Waals surface area contributed by atoms with E-state index in [2.05, 4.69) is 20.6 Å². The highest BCUT2D eigenvalue weighted by Gasteiger charge is 2.06. The standard InChI is InChI=1S/C21H20N4O4/c1-14(26)24-19-12-21(23-13-22-19)29-18-9-5-16(6-10-18)25-20(27)11-15-3-7-17(28-2)8-4-15/h3-10,12-13H,11H2,1-2H3,(H,25,27)(H,22,23,24,26). The van der Waals surface area contributed by atoms with E-state index in [4.69, 9.17) is 9.47 Å². The van der Waals surface area contributed by atoms with E-state index < -0.39 is 0 Å². The lowest BCUT2D eigenvalue weighted by Crippen LogP contribution is -2.14. The SMILES string of the molecule is COc1ccc(CC(=O)Nc2ccc(Oc3cc(NC(C)=O)ncn3)cc2)cc1. The zero-order valence-corrected chi connectivity index (χ0v) is 16.0. The van der Waals surface area contributed by atoms with Gasteiger partial charge in [-0.05, 0) is 42.0 Å². The van der Waals surface area contributed by atoms with Crippen LogP contribution in [0.3, 0.4) is 0 Å². The van der Waals surface area contributed by atoms with Gasteiger partial charge in [-0.3, -0.25) is 9.59 Å². The minimum Gasteiger partial charge on any atom is -0.497 e. The van der Waals surface area contributed by atoms with Crippen molar-refractivity contribution in [3.63, 3.8) is 0 Å². The molecule has 0 aliphatic carbocycles. The van der Waals surface area contributed by atoms with Gasteiger partial charge in [-0.2, -0.15) is 0 Å². The van der Waals surface area contributed by atoms with Gasteiger partial charge in [0.25, 0.3) is 0 Å². The van der Waals surface area contributed by atoms with Crippen LogP contribution in [0.1, 0.15) is 12.5 Å². The molecule has 8 heteroatoms. The molecule has 29 heavy (non-hydrogen) atoms. The van der Waals surface area contributed by atoms with Gasteiger partial charge in [0, 0.05) is 18.7 Å². The lowest BCUT2D eigenvalue weighted by Gasteiger charge is -2.09. The maximum absolute atomic E-state index is 12.2. The van der Waals surface area contributed by atoms with Crippen LogP contribution in [0.5, 0.6) is 17.4 Å². The van der Waals surface area contributed by atoms with Crippen molar-refractivity contribution in [1.29, 1.82) is 0 Å². The number of ether oxygens (including phenoxy) is 2. The van der Waals surface area contributed by atoms with Gasteiger partial charge < -0.3 is 20.1 Å². The summed E-state index contributed by atoms with van der Waals surface area (Å²) in [6.45, 7) is 1.39. The van der Waals surface area contributed by atoms with E-state index in [1.165, 1.54) is 19.3 Å². The van der Waals surface area contributed by atoms with Crippen molar-refractivity contribution in [3.05, 3.63) is 66.5 Å². The van der Waals surface area contributed by atoms with Crippen molar-refractivity contribution in [1.82, 2.24) is 9.97 Å². The predicted molar refractivity (Wildman–Crippen MR) is 108 cm³/mol. The molecule has 0 radical (unpaired) electrons. The Morgan fingerprint density at radius 3 is 2.28 bits per heavy atom. The fourth-order valence-electron chi connectivity index (χ4n) is 2.51. The fourth-order valence-corrected chi connectivity index (χ4v) is 2.51. The average Bonchev–Trinajstić information content (AvgIpc) is 2.70. The molecule has 0 aliphatic heterocycles. The number of carbonyl (C=O) groups excluding carboxylic acids is 2. The average molecular weight is 392 g/mol. The molecule has 2 aromatic carbocycles. The summed E-state index contributed by atoms with van der Waals surface area (Å²) >= 11 is 0. The summed E-state index contributed by atoms with van der Waals surface area (Å²) in [6, 6.07) is 15.8. The Morgan fingerprint density at radius 1 is 0.931 bits per heavy atom. The van der Waals surface area contributed by atoms with Crippen LogP contribution in [-0.2, 0) is 16.0 Å². The monoisotopic (exact) mass is 392 g/mol. The second-order valence-corrected chi connectivity index (χ2v) is 6.12. The van der Waals surface area contributed by atoms with Crippen LogP contribution in [0.15, 0.2) is 60.9 Å². The van der Waals surface area contributed by atoms with Crippen LogP contribution < -0.4 is 20.1 Å². The van der Waals surface area contributed by atoms with Crippen LogP contribution in [-0.4, -0.2) is 28.9 Å². The summed E-state index contributed by atoms with van der Waals surface area (Å²) < 4.78 is 10.8. The number of benzene rings is 2. The summed E-state index contributed by atoms with van der Waals surface area (Å²) in [5, 5.41) is 5.41. The van der Waals surface area contributed by atoms with Gasteiger partial charge >= 0.3 is 0 Å². The molecule has 0 fully saturated rings. The lowest BCUT2D eigenvalue weighted by atomic mass is 10.1. The third-order valence-electron chi connectivity index (χ3n) is 3.83. The molecule has 0 atom stereocenters. The van der Waals surface area contributed by atoms with Gasteiger partial charge in [0.2, 0.25) is 17.7 Å². The summed E-state index contributed by atoms with van der Waals surface area (Å²) in [6.07, 6.45) is 1.56. The van der Waals surface area contributed by atoms with Gasteiger partial charge in [0.05, 0.1) is 13.5 Å². The molecular formula is C21H20N4O4. The third-order valence-corrected chi connectivity index (χ3v) is 3.83. The second-order valence-electron chi connectivity index (χ2n) is 6.12. The fraction of sp³-hybridized carbons (Fsp3) is 0.143. The molecule has 1 aromatic heterocycles. The number of nitrogens with zero attached hydrogens (tertiary/aromatic N) is 2. The summed E-state index contributed by atoms with van der Waals surface area (Å²) in [4.78, 5) is 31.3. The number of methoxy groups -OCH3 is 1. The topological polar surface area (TPSA) is 102 Å². The van der Waals surface area contributed by atoms with Crippen LogP contribution in [0.2, 0.25) is 0 Å². The van der Waals surface area contributed by atoms with Gasteiger partial charge in [0.15, 0.2) is 0 Å². The number of rotatable bonds is 7. The molecule has 148 valence electrons. The molecule has 0 bridgehead atoms. The molecule has 3 rings (SSSR count). The van der Waals surface area contributed by atoms with E-state index in [1.54, 1.807) is 31.4 Å². The highest BCUT2D eigenvalue weighted by atomic mass is 16.5. The maximum atomic E-state index is 12.2. The first kappa shape index (κ1) is 19.8. The number of amides is 2. The Labute approximate surface area is 167 Å². The Balaban J connectivity index is 1.56. The minimum absolute atomic E-state index is 0.125. The predicted octanol–water partition coefficient (Wildman–Crippen LogP) is 3.42. The van der Waals surface area contributed by atoms with E-state index in [1.807, 2.05) is 24.3 Å². The van der Waals surface area contributed by atoms with Crippen molar-refractivity contribution < 1.29 is 19.1 Å². The van der Waals surface area contributed by atoms with Gasteiger partial charge in [0.1, 0.15) is 23.6 Å². The normalized spacial score (nSPS) is 10.1. The number of aromatic nitrogens is 2. The first-order valence-corrected chi connectivity index (χ1v) is 8.82. The van der Waals surface area contributed by atoms with Gasteiger partial charge in [-0.15, -0.1) is 0 Å². The van der Waals surface area contributed by atoms with Crippen LogP contribution in [0.25, 0.3) is 0 Å². The highest BCUT2D eigenvalue weighted by Crippen LogP contribution is 2.22. The Hall–Kier alpha value is -3.94. The number of carbonyl (C=O) groups is 2. The van der Waals surface area contributed by atoms with Crippen LogP contribution in [0.4, 0.5) is 11.5 Å². The Morgan fingerprint density at radius 2 is 1.62 bits per heavy atom. The number of anilines is 2. The Kier molecular flexibility index (Phi) is 6.36. The molecule has 3 aromatic rings. The van der Waals surface area contributed by atoms with Crippen LogP contribution in [0, 0.1) is 0 Å². The first-order valence-electron chi connectivity index (χ1n) is 8.82. The molecular weight excluding hydrogens is 372 g/mol. The zero-order chi connectivity index (χ0) is 20.6. The van der Waals surface area contributed by atoms with Crippen molar-refractivity contribution in [2.24, 2.45) is 0 Å². The van der Waals surface area contributed by atoms with E-state index in [0.29, 0.717) is 23.1 Å². The number of nitrogens with one attached hydrogen (secondary N) is 2. The van der Waals surface area contributed by atoms with Crippen molar-refractivity contribution in [2.45, 2.75) is 13.3 Å². The third kappa shape index (κ3) is 6.03. The van der Waals surface area contributed by atoms with Gasteiger partial charge in [-0.25, -0.2) is 9.97 Å². The largest absolute Gasteiger partial charge is 0.497 e. The quantitative estimate of drug-likeness (QED) is 0.639. The molecule has 2 N–H and O–H groups in total. The number of hydrogen-bond donors (Lipinski definition) is 2. The summed E-state index contributed by atoms with van der Waals surface area (Å²) in [7, 11) is 1.60. The molecule has 2 amide bonds. The molecule has 0 aliphatic rings. The summed E-state index contributed by atoms with van der Waals surface area (Å²) in [5.74, 6) is 1.57. The lowest BCUT2D eigenvalue weighted by molar-refractivity contribution is -0.116. The minimum atomic E-state index is -0.232. The van der Waals surface area contributed by atoms with E-state index in [9.17, 15) is 9.59 Å². The van der Waals surface area contributed by atoms with Crippen molar-refractivity contribution >= 4 is 23.3 Å². The zero-order valence-electron chi connectivity index (χ0n) is 16.0. The highest BCUT2D eigenvalue weighted by molar-refractivity contribution is 5.92. The molecule has 0 spiro atoms. The molecule has 0 saturated heterocycles. The van der Waals surface area contributed by atoms with Gasteiger partial charge in [-0.1, -0.05) is 12.1 Å². The van der Waals surface area contributed by atoms with Crippen LogP contribution >= 0.6 is 0 Å². The van der Waals surface area contributed by atoms with Crippen molar-refractivity contribution in [3.8, 4) is 17.4 Å². The van der Waals surface area contributed by atoms with E-state index >= 15 is 0 Å². The van der Waals surface area contributed by atoms with E-state index in [0.717, 1.165) is 11.3 Å². The van der Waals surface area contributed by atoms with E-state index in [-0.39, 0.29) is 18.2 Å². The molecule has 0 saturated carbocycles. The van der Waals surface area contributed by atoms with Crippen molar-refractivity contribution in [2.75, 3.05) is 17.7 Å². The molecule has 8 nitrogen and oxygen atoms in total. The maximum Gasteiger partial charge on any atom is 0.228 e. The smallest absolute Gasteiger partial charge is 0.228 e. The number of hydrogen-bond acceptors (Lipinski definition) is 6.